The van der Waals surface area contributed by atoms with Crippen molar-refractivity contribution < 1.29 is 14.5 Å². The van der Waals surface area contributed by atoms with Crippen LogP contribution in [0.15, 0.2) is 27.8 Å². The van der Waals surface area contributed by atoms with Crippen LogP contribution >= 0.6 is 22.6 Å². The molecule has 0 bridgehead atoms. The number of rotatable bonds is 4. The molecule has 0 fully saturated rings. The number of nitro groups is 1. The van der Waals surface area contributed by atoms with Crippen LogP contribution in [-0.2, 0) is 9.53 Å². The van der Waals surface area contributed by atoms with Crippen LogP contribution in [0.4, 0.5) is 5.69 Å². The molecule has 0 spiro atoms. The largest absolute Gasteiger partial charge is 0.462 e. The van der Waals surface area contributed by atoms with Gasteiger partial charge < -0.3 is 4.74 Å². The molecule has 0 amide bonds. The van der Waals surface area contributed by atoms with Gasteiger partial charge in [-0.15, -0.1) is 0 Å². The van der Waals surface area contributed by atoms with E-state index in [9.17, 15) is 14.9 Å². The fraction of sp³-hybridized carbons (Fsp3) is 0.182. The summed E-state index contributed by atoms with van der Waals surface area (Å²) >= 11 is 1.87. The van der Waals surface area contributed by atoms with Gasteiger partial charge in [-0.3, -0.25) is 10.1 Å². The minimum absolute atomic E-state index is 0.0216. The van der Waals surface area contributed by atoms with Crippen LogP contribution in [-0.4, -0.2) is 17.5 Å². The van der Waals surface area contributed by atoms with Gasteiger partial charge in [-0.1, -0.05) is 0 Å². The third kappa shape index (κ3) is 4.14. The number of hydrogen-bond acceptors (Lipinski definition) is 4. The Kier molecular flexibility index (Phi) is 5.08. The SMILES string of the molecule is CCOC(=O)/C(I)=C/c1ccc([N+](=O)[O-])cc1. The molecule has 6 heteroatoms. The number of nitro benzene ring substituents is 1. The molecule has 0 unspecified atom stereocenters. The number of benzene rings is 1. The van der Waals surface area contributed by atoms with E-state index in [-0.39, 0.29) is 5.69 Å². The Morgan fingerprint density at radius 3 is 2.53 bits per heavy atom. The van der Waals surface area contributed by atoms with Gasteiger partial charge in [0.1, 0.15) is 0 Å². The van der Waals surface area contributed by atoms with Gasteiger partial charge in [-0.05, 0) is 53.3 Å². The van der Waals surface area contributed by atoms with Crippen LogP contribution in [0.1, 0.15) is 12.5 Å². The number of esters is 1. The number of ether oxygens (including phenoxy) is 1. The maximum absolute atomic E-state index is 11.3. The Morgan fingerprint density at radius 2 is 2.06 bits per heavy atom. The summed E-state index contributed by atoms with van der Waals surface area (Å²) in [6.07, 6.45) is 1.61. The van der Waals surface area contributed by atoms with Crippen LogP contribution < -0.4 is 0 Å². The molecular weight excluding hydrogens is 337 g/mol. The van der Waals surface area contributed by atoms with Crippen molar-refractivity contribution in [2.24, 2.45) is 0 Å². The topological polar surface area (TPSA) is 69.4 Å². The van der Waals surface area contributed by atoms with Gasteiger partial charge in [0, 0.05) is 12.1 Å². The predicted octanol–water partition coefficient (Wildman–Crippen LogP) is 2.93. The molecule has 0 N–H and O–H groups in total. The highest BCUT2D eigenvalue weighted by Gasteiger charge is 2.07. The molecular formula is C11H10INO4. The van der Waals surface area contributed by atoms with E-state index in [2.05, 4.69) is 0 Å². The van der Waals surface area contributed by atoms with Crippen molar-refractivity contribution in [2.45, 2.75) is 6.92 Å². The number of hydrogen-bond donors (Lipinski definition) is 0. The molecule has 0 aliphatic rings. The van der Waals surface area contributed by atoms with E-state index in [1.165, 1.54) is 12.1 Å². The van der Waals surface area contributed by atoms with Crippen molar-refractivity contribution in [2.75, 3.05) is 6.61 Å². The Balaban J connectivity index is 2.84. The standard InChI is InChI=1S/C11H10INO4/c1-2-17-11(14)10(12)7-8-3-5-9(6-4-8)13(15)16/h3-7H,2H2,1H3/b10-7-. The summed E-state index contributed by atoms with van der Waals surface area (Å²) in [4.78, 5) is 21.3. The van der Waals surface area contributed by atoms with E-state index >= 15 is 0 Å². The molecule has 0 saturated carbocycles. The molecule has 0 aliphatic carbocycles. The minimum atomic E-state index is -0.468. The summed E-state index contributed by atoms with van der Waals surface area (Å²) in [5.74, 6) is -0.397. The summed E-state index contributed by atoms with van der Waals surface area (Å²) in [6.45, 7) is 2.05. The van der Waals surface area contributed by atoms with Crippen molar-refractivity contribution >= 4 is 40.3 Å². The van der Waals surface area contributed by atoms with Gasteiger partial charge in [0.25, 0.3) is 5.69 Å². The lowest BCUT2D eigenvalue weighted by atomic mass is 10.2. The van der Waals surface area contributed by atoms with E-state index in [0.29, 0.717) is 15.8 Å². The average molecular weight is 347 g/mol. The average Bonchev–Trinajstić information content (AvgIpc) is 2.30. The predicted molar refractivity (Wildman–Crippen MR) is 71.7 cm³/mol. The number of non-ortho nitro benzene ring substituents is 1. The second-order valence-electron chi connectivity index (χ2n) is 3.06. The quantitative estimate of drug-likeness (QED) is 0.276. The van der Waals surface area contributed by atoms with Gasteiger partial charge >= 0.3 is 5.97 Å². The molecule has 1 aromatic rings. The van der Waals surface area contributed by atoms with Crippen molar-refractivity contribution in [3.05, 3.63) is 43.5 Å². The van der Waals surface area contributed by atoms with Gasteiger partial charge in [0.05, 0.1) is 15.1 Å². The van der Waals surface area contributed by atoms with Crippen molar-refractivity contribution in [3.8, 4) is 0 Å². The maximum Gasteiger partial charge on any atom is 0.344 e. The first kappa shape index (κ1) is 13.6. The Morgan fingerprint density at radius 1 is 1.47 bits per heavy atom. The molecule has 5 nitrogen and oxygen atoms in total. The van der Waals surface area contributed by atoms with E-state index in [1.807, 2.05) is 22.6 Å². The van der Waals surface area contributed by atoms with E-state index in [1.54, 1.807) is 25.1 Å². The highest BCUT2D eigenvalue weighted by molar-refractivity contribution is 14.1. The Bertz CT molecular complexity index is 453. The molecule has 0 heterocycles. The second kappa shape index (κ2) is 6.33. The van der Waals surface area contributed by atoms with Crippen molar-refractivity contribution in [1.82, 2.24) is 0 Å². The molecule has 90 valence electrons. The van der Waals surface area contributed by atoms with Gasteiger partial charge in [-0.25, -0.2) is 4.79 Å². The zero-order valence-corrected chi connectivity index (χ0v) is 11.2. The third-order valence-electron chi connectivity index (χ3n) is 1.87. The lowest BCUT2D eigenvalue weighted by Crippen LogP contribution is -2.02. The summed E-state index contributed by atoms with van der Waals surface area (Å²) in [7, 11) is 0. The summed E-state index contributed by atoms with van der Waals surface area (Å²) in [5, 5.41) is 10.4. The summed E-state index contributed by atoms with van der Waals surface area (Å²) < 4.78 is 5.24. The zero-order chi connectivity index (χ0) is 12.8. The Labute approximate surface area is 112 Å². The van der Waals surface area contributed by atoms with E-state index < -0.39 is 10.9 Å². The van der Waals surface area contributed by atoms with Crippen LogP contribution in [0.3, 0.4) is 0 Å². The van der Waals surface area contributed by atoms with Crippen molar-refractivity contribution in [1.29, 1.82) is 0 Å². The molecule has 1 aromatic carbocycles. The van der Waals surface area contributed by atoms with Crippen LogP contribution in [0.25, 0.3) is 6.08 Å². The molecule has 0 saturated heterocycles. The molecule has 1 rings (SSSR count). The third-order valence-corrected chi connectivity index (χ3v) is 2.62. The first-order chi connectivity index (χ1) is 8.04. The summed E-state index contributed by atoms with van der Waals surface area (Å²) in [6, 6.07) is 5.94. The van der Waals surface area contributed by atoms with Gasteiger partial charge in [-0.2, -0.15) is 0 Å². The molecule has 0 atom stereocenters. The summed E-state index contributed by atoms with van der Waals surface area (Å²) in [5.41, 5.74) is 0.737. The van der Waals surface area contributed by atoms with Crippen LogP contribution in [0, 0.1) is 10.1 Å². The highest BCUT2D eigenvalue weighted by Crippen LogP contribution is 2.17. The lowest BCUT2D eigenvalue weighted by molar-refractivity contribution is -0.384. The van der Waals surface area contributed by atoms with Crippen LogP contribution in [0.5, 0.6) is 0 Å². The van der Waals surface area contributed by atoms with Gasteiger partial charge in [0.2, 0.25) is 0 Å². The zero-order valence-electron chi connectivity index (χ0n) is 9.05. The minimum Gasteiger partial charge on any atom is -0.462 e. The highest BCUT2D eigenvalue weighted by atomic mass is 127. The lowest BCUT2D eigenvalue weighted by Gasteiger charge is -2.00. The first-order valence-electron chi connectivity index (χ1n) is 4.83. The maximum atomic E-state index is 11.3. The number of nitrogens with zero attached hydrogens (tertiary/aromatic N) is 1. The second-order valence-corrected chi connectivity index (χ2v) is 4.22. The van der Waals surface area contributed by atoms with Gasteiger partial charge in [0.15, 0.2) is 0 Å². The van der Waals surface area contributed by atoms with E-state index in [0.717, 1.165) is 0 Å². The molecule has 0 aliphatic heterocycles. The molecule has 0 radical (unpaired) electrons. The first-order valence-corrected chi connectivity index (χ1v) is 5.91. The fourth-order valence-corrected chi connectivity index (χ4v) is 1.61. The fourth-order valence-electron chi connectivity index (χ4n) is 1.10. The van der Waals surface area contributed by atoms with E-state index in [4.69, 9.17) is 4.74 Å². The number of carbonyl (C=O) groups excluding carboxylic acids is 1. The Hall–Kier alpha value is -1.44. The van der Waals surface area contributed by atoms with Crippen molar-refractivity contribution in [3.63, 3.8) is 0 Å². The van der Waals surface area contributed by atoms with Crippen LogP contribution in [0.2, 0.25) is 0 Å². The number of halogens is 1. The normalized spacial score (nSPS) is 11.1. The monoisotopic (exact) mass is 347 g/mol. The molecule has 0 aromatic heterocycles. The smallest absolute Gasteiger partial charge is 0.344 e. The molecule has 17 heavy (non-hydrogen) atoms. The number of carbonyl (C=O) groups is 1.